The van der Waals surface area contributed by atoms with Gasteiger partial charge >= 0.3 is 0 Å². The highest BCUT2D eigenvalue weighted by Gasteiger charge is 2.18. The maximum Gasteiger partial charge on any atom is 0.0862 e. The summed E-state index contributed by atoms with van der Waals surface area (Å²) >= 11 is 6.10. The van der Waals surface area contributed by atoms with Crippen molar-refractivity contribution in [3.63, 3.8) is 0 Å². The lowest BCUT2D eigenvalue weighted by molar-refractivity contribution is 0.206. The van der Waals surface area contributed by atoms with Crippen molar-refractivity contribution in [2.75, 3.05) is 0 Å². The summed E-state index contributed by atoms with van der Waals surface area (Å²) in [5, 5.41) is 14.5. The molecule has 1 N–H and O–H groups in total. The lowest BCUT2D eigenvalue weighted by atomic mass is 9.95. The Balaban J connectivity index is 2.39. The number of allylic oxidation sites excluding steroid dienone is 1. The van der Waals surface area contributed by atoms with E-state index in [-0.39, 0.29) is 6.10 Å². The maximum atomic E-state index is 9.58. The standard InChI is InChI=1S/C11H15ClN2O/c1-2-14-11(10(12)7-13-14)8-4-3-5-9(15)6-8/h6-7,9,15H,2-5H2,1H3. The van der Waals surface area contributed by atoms with Crippen molar-refractivity contribution in [1.29, 1.82) is 0 Å². The van der Waals surface area contributed by atoms with E-state index < -0.39 is 0 Å². The van der Waals surface area contributed by atoms with E-state index in [4.69, 9.17) is 11.6 Å². The third-order valence-electron chi connectivity index (χ3n) is 2.74. The second-order valence-electron chi connectivity index (χ2n) is 3.81. The Hall–Kier alpha value is -0.800. The van der Waals surface area contributed by atoms with Crippen LogP contribution in [0.15, 0.2) is 12.3 Å². The summed E-state index contributed by atoms with van der Waals surface area (Å²) in [6, 6.07) is 0. The van der Waals surface area contributed by atoms with Crippen LogP contribution in [0.3, 0.4) is 0 Å². The summed E-state index contributed by atoms with van der Waals surface area (Å²) < 4.78 is 1.88. The Labute approximate surface area is 94.4 Å². The summed E-state index contributed by atoms with van der Waals surface area (Å²) in [5.41, 5.74) is 2.09. The summed E-state index contributed by atoms with van der Waals surface area (Å²) in [7, 11) is 0. The fraction of sp³-hybridized carbons (Fsp3) is 0.545. The predicted octanol–water partition coefficient (Wildman–Crippen LogP) is 2.48. The highest BCUT2D eigenvalue weighted by atomic mass is 35.5. The van der Waals surface area contributed by atoms with Gasteiger partial charge in [-0.15, -0.1) is 0 Å². The van der Waals surface area contributed by atoms with Crippen molar-refractivity contribution in [2.45, 2.75) is 38.8 Å². The predicted molar refractivity (Wildman–Crippen MR) is 60.7 cm³/mol. The largest absolute Gasteiger partial charge is 0.389 e. The maximum absolute atomic E-state index is 9.58. The Kier molecular flexibility index (Phi) is 3.12. The van der Waals surface area contributed by atoms with E-state index in [2.05, 4.69) is 5.10 Å². The number of aromatic nitrogens is 2. The first kappa shape index (κ1) is 10.7. The Morgan fingerprint density at radius 1 is 1.67 bits per heavy atom. The minimum atomic E-state index is -0.329. The van der Waals surface area contributed by atoms with Crippen molar-refractivity contribution < 1.29 is 5.11 Å². The van der Waals surface area contributed by atoms with Gasteiger partial charge in [-0.1, -0.05) is 17.7 Å². The molecule has 0 fully saturated rings. The Morgan fingerprint density at radius 2 is 2.47 bits per heavy atom. The van der Waals surface area contributed by atoms with Gasteiger partial charge in [-0.25, -0.2) is 0 Å². The fourth-order valence-electron chi connectivity index (χ4n) is 2.02. The number of nitrogens with zero attached hydrogens (tertiary/aromatic N) is 2. The van der Waals surface area contributed by atoms with Crippen molar-refractivity contribution in [3.8, 4) is 0 Å². The molecule has 0 aromatic carbocycles. The molecule has 1 aliphatic carbocycles. The minimum Gasteiger partial charge on any atom is -0.389 e. The summed E-state index contributed by atoms with van der Waals surface area (Å²) in [5.74, 6) is 0. The van der Waals surface area contributed by atoms with E-state index in [1.165, 1.54) is 0 Å². The molecule has 0 saturated heterocycles. The zero-order valence-electron chi connectivity index (χ0n) is 8.78. The molecule has 1 heterocycles. The molecule has 0 bridgehead atoms. The third-order valence-corrected chi connectivity index (χ3v) is 3.01. The topological polar surface area (TPSA) is 38.0 Å². The van der Waals surface area contributed by atoms with Gasteiger partial charge in [0.05, 0.1) is 23.0 Å². The molecule has 82 valence electrons. The van der Waals surface area contributed by atoms with Crippen LogP contribution in [0.2, 0.25) is 5.02 Å². The average molecular weight is 227 g/mol. The smallest absolute Gasteiger partial charge is 0.0862 e. The first-order valence-corrected chi connectivity index (χ1v) is 5.70. The van der Waals surface area contributed by atoms with Gasteiger partial charge in [0.15, 0.2) is 0 Å². The van der Waals surface area contributed by atoms with Crippen LogP contribution in [0.4, 0.5) is 0 Å². The van der Waals surface area contributed by atoms with Crippen LogP contribution in [-0.2, 0) is 6.54 Å². The van der Waals surface area contributed by atoms with Crippen LogP contribution < -0.4 is 0 Å². The number of aliphatic hydroxyl groups excluding tert-OH is 1. The van der Waals surface area contributed by atoms with Crippen molar-refractivity contribution in [1.82, 2.24) is 9.78 Å². The van der Waals surface area contributed by atoms with Gasteiger partial charge in [-0.3, -0.25) is 4.68 Å². The van der Waals surface area contributed by atoms with Crippen LogP contribution in [0.1, 0.15) is 31.9 Å². The molecule has 15 heavy (non-hydrogen) atoms. The van der Waals surface area contributed by atoms with Gasteiger partial charge in [0.1, 0.15) is 0 Å². The molecule has 2 rings (SSSR count). The zero-order valence-corrected chi connectivity index (χ0v) is 9.54. The van der Waals surface area contributed by atoms with E-state index >= 15 is 0 Å². The summed E-state index contributed by atoms with van der Waals surface area (Å²) in [6.45, 7) is 2.84. The molecule has 1 aromatic heterocycles. The van der Waals surface area contributed by atoms with Crippen LogP contribution in [-0.4, -0.2) is 21.0 Å². The molecule has 1 unspecified atom stereocenters. The number of aliphatic hydroxyl groups is 1. The lowest BCUT2D eigenvalue weighted by Gasteiger charge is -2.18. The first-order valence-electron chi connectivity index (χ1n) is 5.32. The number of rotatable bonds is 2. The van der Waals surface area contributed by atoms with Crippen LogP contribution in [0.5, 0.6) is 0 Å². The van der Waals surface area contributed by atoms with E-state index in [1.54, 1.807) is 6.20 Å². The second-order valence-corrected chi connectivity index (χ2v) is 4.22. The molecule has 3 nitrogen and oxygen atoms in total. The number of hydrogen-bond donors (Lipinski definition) is 1. The normalized spacial score (nSPS) is 21.5. The van der Waals surface area contributed by atoms with E-state index in [9.17, 15) is 5.11 Å². The first-order chi connectivity index (χ1) is 7.22. The van der Waals surface area contributed by atoms with Gasteiger partial charge in [-0.05, 0) is 31.8 Å². The quantitative estimate of drug-likeness (QED) is 0.842. The SMILES string of the molecule is CCn1ncc(Cl)c1C1=CC(O)CCC1. The monoisotopic (exact) mass is 226 g/mol. The van der Waals surface area contributed by atoms with Crippen LogP contribution in [0, 0.1) is 0 Å². The summed E-state index contributed by atoms with van der Waals surface area (Å²) in [4.78, 5) is 0. The van der Waals surface area contributed by atoms with E-state index in [0.29, 0.717) is 5.02 Å². The Bertz CT molecular complexity index is 384. The average Bonchev–Trinajstić information content (AvgIpc) is 2.59. The fourth-order valence-corrected chi connectivity index (χ4v) is 2.28. The van der Waals surface area contributed by atoms with E-state index in [1.807, 2.05) is 17.7 Å². The molecule has 1 aliphatic rings. The lowest BCUT2D eigenvalue weighted by Crippen LogP contribution is -2.11. The molecule has 0 spiro atoms. The van der Waals surface area contributed by atoms with Crippen molar-refractivity contribution in [2.24, 2.45) is 0 Å². The highest BCUT2D eigenvalue weighted by Crippen LogP contribution is 2.31. The van der Waals surface area contributed by atoms with Crippen LogP contribution >= 0.6 is 11.6 Å². The zero-order chi connectivity index (χ0) is 10.8. The molecule has 0 radical (unpaired) electrons. The van der Waals surface area contributed by atoms with Gasteiger partial charge in [-0.2, -0.15) is 5.10 Å². The van der Waals surface area contributed by atoms with Crippen molar-refractivity contribution in [3.05, 3.63) is 23.0 Å². The van der Waals surface area contributed by atoms with Gasteiger partial charge < -0.3 is 5.11 Å². The second kappa shape index (κ2) is 4.37. The van der Waals surface area contributed by atoms with Crippen molar-refractivity contribution >= 4 is 17.2 Å². The molecule has 4 heteroatoms. The number of hydrogen-bond acceptors (Lipinski definition) is 2. The third kappa shape index (κ3) is 2.08. The van der Waals surface area contributed by atoms with Crippen LogP contribution in [0.25, 0.3) is 5.57 Å². The molecular weight excluding hydrogens is 212 g/mol. The van der Waals surface area contributed by atoms with Gasteiger partial charge in [0, 0.05) is 6.54 Å². The number of aryl methyl sites for hydroxylation is 1. The van der Waals surface area contributed by atoms with Gasteiger partial charge in [0.2, 0.25) is 0 Å². The molecule has 1 aromatic rings. The molecular formula is C11H15ClN2O. The minimum absolute atomic E-state index is 0.329. The molecule has 0 amide bonds. The highest BCUT2D eigenvalue weighted by molar-refractivity contribution is 6.32. The summed E-state index contributed by atoms with van der Waals surface area (Å²) in [6.07, 6.45) is 6.08. The Morgan fingerprint density at radius 3 is 3.13 bits per heavy atom. The number of halogens is 1. The molecule has 0 saturated carbocycles. The molecule has 0 aliphatic heterocycles. The van der Waals surface area contributed by atoms with Gasteiger partial charge in [0.25, 0.3) is 0 Å². The molecule has 1 atom stereocenters. The van der Waals surface area contributed by atoms with E-state index in [0.717, 1.165) is 37.1 Å².